The largest absolute Gasteiger partial charge is 0.373 e. The third-order valence-corrected chi connectivity index (χ3v) is 2.82. The molecule has 15 heavy (non-hydrogen) atoms. The maximum Gasteiger partial charge on any atom is 0.0364 e. The summed E-state index contributed by atoms with van der Waals surface area (Å²) in [6, 6.07) is 8.78. The van der Waals surface area contributed by atoms with Crippen molar-refractivity contribution in [3.63, 3.8) is 0 Å². The number of likely N-dealkylation sites (N-methyl/N-ethyl adjacent to an activating group) is 1. The monoisotopic (exact) mass is 206 g/mol. The van der Waals surface area contributed by atoms with Crippen LogP contribution in [0.4, 0.5) is 5.69 Å². The van der Waals surface area contributed by atoms with Gasteiger partial charge in [-0.25, -0.2) is 0 Å². The molecule has 0 saturated heterocycles. The molecule has 0 aliphatic rings. The van der Waals surface area contributed by atoms with Gasteiger partial charge in [0, 0.05) is 25.3 Å². The minimum absolute atomic E-state index is 0.233. The molecule has 0 fully saturated rings. The van der Waals surface area contributed by atoms with Gasteiger partial charge in [0.15, 0.2) is 0 Å². The molecule has 2 nitrogen and oxygen atoms in total. The highest BCUT2D eigenvalue weighted by Gasteiger charge is 2.10. The Morgan fingerprint density at radius 1 is 1.20 bits per heavy atom. The van der Waals surface area contributed by atoms with E-state index < -0.39 is 0 Å². The minimum Gasteiger partial charge on any atom is -0.373 e. The van der Waals surface area contributed by atoms with Gasteiger partial charge in [-0.3, -0.25) is 0 Å². The molecule has 1 unspecified atom stereocenters. The van der Waals surface area contributed by atoms with E-state index in [1.54, 1.807) is 0 Å². The summed E-state index contributed by atoms with van der Waals surface area (Å²) < 4.78 is 0. The van der Waals surface area contributed by atoms with Gasteiger partial charge in [-0.2, -0.15) is 0 Å². The van der Waals surface area contributed by atoms with Crippen molar-refractivity contribution >= 4 is 5.69 Å². The van der Waals surface area contributed by atoms with Crippen molar-refractivity contribution < 1.29 is 0 Å². The lowest BCUT2D eigenvalue weighted by Crippen LogP contribution is -2.38. The number of hydrogen-bond acceptors (Lipinski definition) is 2. The summed E-state index contributed by atoms with van der Waals surface area (Å²) in [5.74, 6) is 0.526. The van der Waals surface area contributed by atoms with Gasteiger partial charge in [0.25, 0.3) is 0 Å². The molecule has 0 heterocycles. The molecule has 84 valence electrons. The first-order valence-corrected chi connectivity index (χ1v) is 5.54. The minimum atomic E-state index is 0.233. The average molecular weight is 206 g/mol. The molecule has 0 radical (unpaired) electrons. The maximum absolute atomic E-state index is 6.04. The van der Waals surface area contributed by atoms with Gasteiger partial charge >= 0.3 is 0 Å². The van der Waals surface area contributed by atoms with E-state index in [9.17, 15) is 0 Å². The lowest BCUT2D eigenvalue weighted by molar-refractivity contribution is 0.493. The second-order valence-corrected chi connectivity index (χ2v) is 4.62. The van der Waals surface area contributed by atoms with E-state index in [0.29, 0.717) is 5.92 Å². The first-order chi connectivity index (χ1) is 7.00. The number of anilines is 1. The summed E-state index contributed by atoms with van der Waals surface area (Å²) in [5, 5.41) is 0. The van der Waals surface area contributed by atoms with E-state index >= 15 is 0 Å². The van der Waals surface area contributed by atoms with Crippen molar-refractivity contribution in [2.75, 3.05) is 18.5 Å². The molecule has 1 atom stereocenters. The Morgan fingerprint density at radius 2 is 1.73 bits per heavy atom. The van der Waals surface area contributed by atoms with Crippen LogP contribution in [-0.4, -0.2) is 19.6 Å². The van der Waals surface area contributed by atoms with Crippen LogP contribution >= 0.6 is 0 Å². The van der Waals surface area contributed by atoms with Crippen molar-refractivity contribution in [2.24, 2.45) is 11.7 Å². The zero-order valence-corrected chi connectivity index (χ0v) is 10.2. The average Bonchev–Trinajstić information content (AvgIpc) is 2.18. The highest BCUT2D eigenvalue weighted by atomic mass is 15.1. The second kappa shape index (κ2) is 5.17. The molecule has 0 aliphatic heterocycles. The zero-order chi connectivity index (χ0) is 11.4. The van der Waals surface area contributed by atoms with E-state index in [4.69, 9.17) is 5.73 Å². The molecule has 2 N–H and O–H groups in total. The van der Waals surface area contributed by atoms with Crippen LogP contribution in [0.2, 0.25) is 0 Å². The lowest BCUT2D eigenvalue weighted by Gasteiger charge is -2.25. The van der Waals surface area contributed by atoms with Crippen LogP contribution in [0.3, 0.4) is 0 Å². The number of rotatable bonds is 4. The third-order valence-electron chi connectivity index (χ3n) is 2.82. The Morgan fingerprint density at radius 3 is 2.20 bits per heavy atom. The van der Waals surface area contributed by atoms with Crippen LogP contribution in [-0.2, 0) is 0 Å². The number of hydrogen-bond donors (Lipinski definition) is 1. The first kappa shape index (κ1) is 12.1. The second-order valence-electron chi connectivity index (χ2n) is 4.62. The number of nitrogens with zero attached hydrogens (tertiary/aromatic N) is 1. The number of aryl methyl sites for hydroxylation is 1. The fourth-order valence-corrected chi connectivity index (χ4v) is 1.43. The molecular weight excluding hydrogens is 184 g/mol. The molecule has 0 aliphatic carbocycles. The van der Waals surface area contributed by atoms with Gasteiger partial charge < -0.3 is 10.6 Å². The number of nitrogens with two attached hydrogens (primary N) is 1. The fourth-order valence-electron chi connectivity index (χ4n) is 1.43. The van der Waals surface area contributed by atoms with Crippen molar-refractivity contribution in [1.82, 2.24) is 0 Å². The Hall–Kier alpha value is -1.02. The summed E-state index contributed by atoms with van der Waals surface area (Å²) in [5.41, 5.74) is 8.57. The summed E-state index contributed by atoms with van der Waals surface area (Å²) in [7, 11) is 2.09. The highest BCUT2D eigenvalue weighted by molar-refractivity contribution is 5.46. The van der Waals surface area contributed by atoms with Gasteiger partial charge in [-0.1, -0.05) is 31.5 Å². The first-order valence-electron chi connectivity index (χ1n) is 5.54. The van der Waals surface area contributed by atoms with Crippen LogP contribution in [0.5, 0.6) is 0 Å². The molecule has 0 saturated carbocycles. The van der Waals surface area contributed by atoms with Crippen LogP contribution in [0.1, 0.15) is 19.4 Å². The lowest BCUT2D eigenvalue weighted by atomic mass is 10.1. The van der Waals surface area contributed by atoms with Gasteiger partial charge in [0.1, 0.15) is 0 Å². The van der Waals surface area contributed by atoms with Crippen molar-refractivity contribution in [3.8, 4) is 0 Å². The van der Waals surface area contributed by atoms with Crippen molar-refractivity contribution in [3.05, 3.63) is 29.8 Å². The molecule has 0 spiro atoms. The van der Waals surface area contributed by atoms with Crippen LogP contribution in [0.15, 0.2) is 24.3 Å². The molecule has 1 aromatic carbocycles. The van der Waals surface area contributed by atoms with Crippen LogP contribution in [0.25, 0.3) is 0 Å². The Bertz CT molecular complexity index is 290. The molecular formula is C13H22N2. The van der Waals surface area contributed by atoms with Crippen LogP contribution < -0.4 is 10.6 Å². The quantitative estimate of drug-likeness (QED) is 0.819. The van der Waals surface area contributed by atoms with Gasteiger partial charge in [-0.15, -0.1) is 0 Å². The molecule has 0 bridgehead atoms. The Kier molecular flexibility index (Phi) is 4.15. The zero-order valence-electron chi connectivity index (χ0n) is 10.2. The Labute approximate surface area is 93.1 Å². The van der Waals surface area contributed by atoms with Crippen molar-refractivity contribution in [2.45, 2.75) is 26.8 Å². The van der Waals surface area contributed by atoms with E-state index in [1.165, 1.54) is 11.3 Å². The Balaban J connectivity index is 2.61. The molecule has 2 heteroatoms. The van der Waals surface area contributed by atoms with Gasteiger partial charge in [-0.05, 0) is 25.0 Å². The van der Waals surface area contributed by atoms with Gasteiger partial charge in [0.2, 0.25) is 0 Å². The van der Waals surface area contributed by atoms with E-state index in [-0.39, 0.29) is 6.04 Å². The summed E-state index contributed by atoms with van der Waals surface area (Å²) in [6.07, 6.45) is 0. The number of benzene rings is 1. The highest BCUT2D eigenvalue weighted by Crippen LogP contribution is 2.14. The standard InChI is InChI=1S/C13H22N2/c1-10(2)13(14)9-15(4)12-7-5-11(3)6-8-12/h5-8,10,13H,9,14H2,1-4H3. The van der Waals surface area contributed by atoms with Gasteiger partial charge in [0.05, 0.1) is 0 Å². The predicted octanol–water partition coefficient (Wildman–Crippen LogP) is 2.41. The normalized spacial score (nSPS) is 12.9. The SMILES string of the molecule is Cc1ccc(N(C)CC(N)C(C)C)cc1. The fraction of sp³-hybridized carbons (Fsp3) is 0.538. The maximum atomic E-state index is 6.04. The molecule has 1 aromatic rings. The molecule has 1 rings (SSSR count). The third kappa shape index (κ3) is 3.56. The molecule has 0 amide bonds. The van der Waals surface area contributed by atoms with E-state index in [0.717, 1.165) is 6.54 Å². The van der Waals surface area contributed by atoms with E-state index in [2.05, 4.69) is 57.0 Å². The summed E-state index contributed by atoms with van der Waals surface area (Å²) in [6.45, 7) is 7.33. The predicted molar refractivity (Wildman–Crippen MR) is 67.3 cm³/mol. The van der Waals surface area contributed by atoms with Crippen molar-refractivity contribution in [1.29, 1.82) is 0 Å². The smallest absolute Gasteiger partial charge is 0.0364 e. The summed E-state index contributed by atoms with van der Waals surface area (Å²) >= 11 is 0. The summed E-state index contributed by atoms with van der Waals surface area (Å²) in [4.78, 5) is 2.21. The molecule has 0 aromatic heterocycles. The topological polar surface area (TPSA) is 29.3 Å². The van der Waals surface area contributed by atoms with Crippen LogP contribution in [0, 0.1) is 12.8 Å². The van der Waals surface area contributed by atoms with E-state index in [1.807, 2.05) is 0 Å².